The van der Waals surface area contributed by atoms with Crippen LogP contribution in [-0.2, 0) is 19.9 Å². The quantitative estimate of drug-likeness (QED) is 0.838. The summed E-state index contributed by atoms with van der Waals surface area (Å²) in [5.74, 6) is 0.878. The second kappa shape index (κ2) is 6.20. The maximum atomic E-state index is 4.58. The van der Waals surface area contributed by atoms with Crippen LogP contribution in [0.3, 0.4) is 0 Å². The second-order valence-electron chi connectivity index (χ2n) is 5.29. The minimum Gasteiger partial charge on any atom is -0.313 e. The molecule has 1 atom stereocenters. The van der Waals surface area contributed by atoms with E-state index in [1.54, 1.807) is 0 Å². The van der Waals surface area contributed by atoms with Crippen LogP contribution in [0.4, 0.5) is 0 Å². The summed E-state index contributed by atoms with van der Waals surface area (Å²) in [7, 11) is 2.06. The van der Waals surface area contributed by atoms with Crippen LogP contribution >= 0.6 is 15.9 Å². The van der Waals surface area contributed by atoms with Gasteiger partial charge in [0.05, 0.1) is 15.9 Å². The minimum atomic E-state index is 0.626. The Bertz CT molecular complexity index is 396. The molecule has 18 heavy (non-hydrogen) atoms. The van der Waals surface area contributed by atoms with Crippen molar-refractivity contribution in [3.8, 4) is 0 Å². The Morgan fingerprint density at radius 2 is 2.17 bits per heavy atom. The largest absolute Gasteiger partial charge is 0.313 e. The lowest BCUT2D eigenvalue weighted by Gasteiger charge is -2.18. The Morgan fingerprint density at radius 3 is 2.67 bits per heavy atom. The van der Waals surface area contributed by atoms with Gasteiger partial charge in [0, 0.05) is 19.5 Å². The molecule has 0 aliphatic heterocycles. The van der Waals surface area contributed by atoms with Gasteiger partial charge in [-0.3, -0.25) is 4.68 Å². The predicted octanol–water partition coefficient (Wildman–Crippen LogP) is 3.07. The van der Waals surface area contributed by atoms with Crippen LogP contribution in [0.2, 0.25) is 0 Å². The Labute approximate surface area is 118 Å². The smallest absolute Gasteiger partial charge is 0.0766 e. The standard InChI is InChI=1S/C14H24BrN3/c1-4-8-16-12(10-6-7-10)9-13-14(15)11(5-2)17-18(13)3/h10,12,16H,4-9H2,1-3H3. The van der Waals surface area contributed by atoms with Crippen LogP contribution in [0.15, 0.2) is 4.47 Å². The molecule has 0 amide bonds. The maximum Gasteiger partial charge on any atom is 0.0766 e. The summed E-state index contributed by atoms with van der Waals surface area (Å²) in [5.41, 5.74) is 2.52. The second-order valence-corrected chi connectivity index (χ2v) is 6.08. The topological polar surface area (TPSA) is 29.9 Å². The molecule has 0 saturated heterocycles. The number of hydrogen-bond acceptors (Lipinski definition) is 2. The SMILES string of the molecule is CCCNC(Cc1c(Br)c(CC)nn1C)C1CC1. The van der Waals surface area contributed by atoms with Crippen LogP contribution in [0.25, 0.3) is 0 Å². The normalized spacial score (nSPS) is 17.1. The van der Waals surface area contributed by atoms with Crippen LogP contribution < -0.4 is 5.32 Å². The summed E-state index contributed by atoms with van der Waals surface area (Å²) < 4.78 is 3.27. The highest BCUT2D eigenvalue weighted by Crippen LogP contribution is 2.35. The van der Waals surface area contributed by atoms with Gasteiger partial charge >= 0.3 is 0 Å². The molecule has 1 saturated carbocycles. The molecule has 1 aromatic heterocycles. The zero-order valence-corrected chi connectivity index (χ0v) is 13.3. The third-order valence-corrected chi connectivity index (χ3v) is 4.68. The predicted molar refractivity (Wildman–Crippen MR) is 78.8 cm³/mol. The molecule has 1 aliphatic rings. The lowest BCUT2D eigenvalue weighted by atomic mass is 10.1. The highest BCUT2D eigenvalue weighted by atomic mass is 79.9. The zero-order valence-electron chi connectivity index (χ0n) is 11.7. The van der Waals surface area contributed by atoms with Gasteiger partial charge in [0.15, 0.2) is 0 Å². The van der Waals surface area contributed by atoms with Crippen LogP contribution in [0.1, 0.15) is 44.5 Å². The average Bonchev–Trinajstić information content (AvgIpc) is 3.15. The Hall–Kier alpha value is -0.350. The first-order valence-electron chi connectivity index (χ1n) is 7.11. The zero-order chi connectivity index (χ0) is 13.1. The lowest BCUT2D eigenvalue weighted by Crippen LogP contribution is -2.34. The first kappa shape index (κ1) is 14.1. The van der Waals surface area contributed by atoms with E-state index in [2.05, 4.69) is 47.2 Å². The summed E-state index contributed by atoms with van der Waals surface area (Å²) in [6, 6.07) is 0.626. The van der Waals surface area contributed by atoms with Crippen molar-refractivity contribution >= 4 is 15.9 Å². The van der Waals surface area contributed by atoms with Crippen molar-refractivity contribution in [3.63, 3.8) is 0 Å². The van der Waals surface area contributed by atoms with E-state index < -0.39 is 0 Å². The van der Waals surface area contributed by atoms with E-state index in [1.807, 2.05) is 4.68 Å². The molecule has 1 aromatic rings. The summed E-state index contributed by atoms with van der Waals surface area (Å²) >= 11 is 3.72. The van der Waals surface area contributed by atoms with Gasteiger partial charge in [0.1, 0.15) is 0 Å². The lowest BCUT2D eigenvalue weighted by molar-refractivity contribution is 0.448. The molecule has 4 heteroatoms. The van der Waals surface area contributed by atoms with Crippen molar-refractivity contribution in [2.45, 2.75) is 52.0 Å². The van der Waals surface area contributed by atoms with Crippen molar-refractivity contribution in [1.29, 1.82) is 0 Å². The highest BCUT2D eigenvalue weighted by Gasteiger charge is 2.32. The summed E-state index contributed by atoms with van der Waals surface area (Å²) in [5, 5.41) is 8.28. The molecule has 1 heterocycles. The van der Waals surface area contributed by atoms with Crippen molar-refractivity contribution in [2.24, 2.45) is 13.0 Å². The number of nitrogens with one attached hydrogen (secondary N) is 1. The first-order chi connectivity index (χ1) is 8.67. The third kappa shape index (κ3) is 3.15. The van der Waals surface area contributed by atoms with Gasteiger partial charge < -0.3 is 5.32 Å². The van der Waals surface area contributed by atoms with Crippen molar-refractivity contribution in [3.05, 3.63) is 15.9 Å². The molecule has 0 aromatic carbocycles. The van der Waals surface area contributed by atoms with E-state index in [4.69, 9.17) is 0 Å². The molecule has 1 aliphatic carbocycles. The number of nitrogens with zero attached hydrogens (tertiary/aromatic N) is 2. The van der Waals surface area contributed by atoms with Crippen LogP contribution in [0, 0.1) is 5.92 Å². The number of halogens is 1. The molecule has 3 nitrogen and oxygen atoms in total. The number of hydrogen-bond donors (Lipinski definition) is 1. The molecule has 0 radical (unpaired) electrons. The molecular weight excluding hydrogens is 290 g/mol. The van der Waals surface area contributed by atoms with E-state index in [-0.39, 0.29) is 0 Å². The fourth-order valence-corrected chi connectivity index (χ4v) is 3.26. The van der Waals surface area contributed by atoms with Gasteiger partial charge in [-0.25, -0.2) is 0 Å². The highest BCUT2D eigenvalue weighted by molar-refractivity contribution is 9.10. The third-order valence-electron chi connectivity index (χ3n) is 3.76. The van der Waals surface area contributed by atoms with Gasteiger partial charge in [0.25, 0.3) is 0 Å². The molecule has 1 fully saturated rings. The van der Waals surface area contributed by atoms with Gasteiger partial charge in [-0.1, -0.05) is 13.8 Å². The van der Waals surface area contributed by atoms with E-state index in [9.17, 15) is 0 Å². The molecule has 2 rings (SSSR count). The number of rotatable bonds is 7. The Kier molecular flexibility index (Phi) is 4.84. The summed E-state index contributed by atoms with van der Waals surface area (Å²) in [4.78, 5) is 0. The van der Waals surface area contributed by atoms with E-state index in [1.165, 1.54) is 35.1 Å². The average molecular weight is 314 g/mol. The summed E-state index contributed by atoms with van der Waals surface area (Å²) in [6.45, 7) is 5.51. The first-order valence-corrected chi connectivity index (χ1v) is 7.90. The molecule has 0 spiro atoms. The fourth-order valence-electron chi connectivity index (χ4n) is 2.48. The summed E-state index contributed by atoms with van der Waals surface area (Å²) in [6.07, 6.45) is 6.06. The van der Waals surface area contributed by atoms with Crippen LogP contribution in [-0.4, -0.2) is 22.4 Å². The van der Waals surface area contributed by atoms with E-state index >= 15 is 0 Å². The minimum absolute atomic E-state index is 0.626. The van der Waals surface area contributed by atoms with Gasteiger partial charge in [-0.05, 0) is 54.1 Å². The number of aryl methyl sites for hydroxylation is 2. The van der Waals surface area contributed by atoms with Gasteiger partial charge in [0.2, 0.25) is 0 Å². The fraction of sp³-hybridized carbons (Fsp3) is 0.786. The van der Waals surface area contributed by atoms with E-state index in [0.717, 1.165) is 25.3 Å². The maximum absolute atomic E-state index is 4.58. The molecule has 1 unspecified atom stereocenters. The Balaban J connectivity index is 2.08. The van der Waals surface area contributed by atoms with Gasteiger partial charge in [-0.2, -0.15) is 5.10 Å². The van der Waals surface area contributed by atoms with Crippen LogP contribution in [0.5, 0.6) is 0 Å². The molecule has 102 valence electrons. The van der Waals surface area contributed by atoms with Crippen molar-refractivity contribution < 1.29 is 0 Å². The number of aromatic nitrogens is 2. The van der Waals surface area contributed by atoms with Crippen molar-refractivity contribution in [2.75, 3.05) is 6.54 Å². The molecule has 0 bridgehead atoms. The molecular formula is C14H24BrN3. The van der Waals surface area contributed by atoms with E-state index in [0.29, 0.717) is 6.04 Å². The van der Waals surface area contributed by atoms with Crippen molar-refractivity contribution in [1.82, 2.24) is 15.1 Å². The molecule has 1 N–H and O–H groups in total. The Morgan fingerprint density at radius 1 is 1.44 bits per heavy atom. The van der Waals surface area contributed by atoms with Gasteiger partial charge in [-0.15, -0.1) is 0 Å². The monoisotopic (exact) mass is 313 g/mol.